The summed E-state index contributed by atoms with van der Waals surface area (Å²) in [7, 11) is 0. The second-order valence-electron chi connectivity index (χ2n) is 4.34. The summed E-state index contributed by atoms with van der Waals surface area (Å²) in [5, 5.41) is 0. The quantitative estimate of drug-likeness (QED) is 0.739. The van der Waals surface area contributed by atoms with Crippen LogP contribution in [0.1, 0.15) is 31.2 Å². The summed E-state index contributed by atoms with van der Waals surface area (Å²) < 4.78 is 12.7. The minimum atomic E-state index is -0.861. The second-order valence-corrected chi connectivity index (χ2v) is 4.34. The maximum absolute atomic E-state index is 12.7. The summed E-state index contributed by atoms with van der Waals surface area (Å²) in [4.78, 5) is 11.6. The van der Waals surface area contributed by atoms with Crippen LogP contribution in [0.25, 0.3) is 0 Å². The van der Waals surface area contributed by atoms with Gasteiger partial charge in [-0.15, -0.1) is 0 Å². The van der Waals surface area contributed by atoms with Gasteiger partial charge in [0, 0.05) is 6.42 Å². The third-order valence-corrected chi connectivity index (χ3v) is 3.00. The summed E-state index contributed by atoms with van der Waals surface area (Å²) in [6.07, 6.45) is 0.0515. The Hall–Kier alpha value is -1.18. The minimum absolute atomic E-state index is 0.0823. The molecule has 0 bridgehead atoms. The Bertz CT molecular complexity index is 347. The molecule has 0 N–H and O–H groups in total. The van der Waals surface area contributed by atoms with Crippen molar-refractivity contribution in [3.8, 4) is 0 Å². The molecule has 0 aliphatic heterocycles. The SMILES string of the molecule is C[C@@H](CC(=O)C1CC1F)c1ccccc1. The fourth-order valence-corrected chi connectivity index (χ4v) is 1.85. The van der Waals surface area contributed by atoms with Gasteiger partial charge in [0.25, 0.3) is 0 Å². The van der Waals surface area contributed by atoms with Crippen LogP contribution in [0.4, 0.5) is 4.39 Å². The van der Waals surface area contributed by atoms with E-state index in [1.54, 1.807) is 0 Å². The molecule has 1 aliphatic rings. The molecule has 0 aromatic heterocycles. The maximum Gasteiger partial charge on any atom is 0.139 e. The second kappa shape index (κ2) is 4.13. The van der Waals surface area contributed by atoms with Crippen LogP contribution in [0.5, 0.6) is 0 Å². The summed E-state index contributed by atoms with van der Waals surface area (Å²) in [5.41, 5.74) is 1.15. The molecular formula is C13H15FO. The molecule has 1 aromatic carbocycles. The van der Waals surface area contributed by atoms with Gasteiger partial charge in [0.05, 0.1) is 5.92 Å². The van der Waals surface area contributed by atoms with Crippen LogP contribution in [0, 0.1) is 5.92 Å². The van der Waals surface area contributed by atoms with Crippen LogP contribution in [-0.2, 0) is 4.79 Å². The number of halogens is 1. The first-order chi connectivity index (χ1) is 7.18. The van der Waals surface area contributed by atoms with E-state index in [0.717, 1.165) is 5.56 Å². The zero-order valence-electron chi connectivity index (χ0n) is 8.82. The van der Waals surface area contributed by atoms with Crippen molar-refractivity contribution in [3.63, 3.8) is 0 Å². The van der Waals surface area contributed by atoms with E-state index in [-0.39, 0.29) is 17.6 Å². The summed E-state index contributed by atoms with van der Waals surface area (Å²) in [6.45, 7) is 2.02. The van der Waals surface area contributed by atoms with E-state index in [0.29, 0.717) is 12.8 Å². The predicted molar refractivity (Wildman–Crippen MR) is 57.5 cm³/mol. The normalized spacial score (nSPS) is 26.0. The van der Waals surface area contributed by atoms with Gasteiger partial charge in [0.1, 0.15) is 12.0 Å². The Balaban J connectivity index is 1.92. The summed E-state index contributed by atoms with van der Waals surface area (Å²) in [5.74, 6) is -0.0125. The van der Waals surface area contributed by atoms with E-state index in [1.807, 2.05) is 37.3 Å². The van der Waals surface area contributed by atoms with Crippen LogP contribution >= 0.6 is 0 Å². The Kier molecular flexibility index (Phi) is 2.85. The highest BCUT2D eigenvalue weighted by molar-refractivity contribution is 5.84. The molecule has 2 rings (SSSR count). The summed E-state index contributed by atoms with van der Waals surface area (Å²) in [6, 6.07) is 9.91. The number of hydrogen-bond acceptors (Lipinski definition) is 1. The van der Waals surface area contributed by atoms with E-state index in [1.165, 1.54) is 0 Å². The zero-order chi connectivity index (χ0) is 10.8. The van der Waals surface area contributed by atoms with Gasteiger partial charge < -0.3 is 0 Å². The molecule has 3 atom stereocenters. The lowest BCUT2D eigenvalue weighted by molar-refractivity contribution is -0.120. The number of carbonyl (C=O) groups is 1. The van der Waals surface area contributed by atoms with Crippen LogP contribution in [-0.4, -0.2) is 12.0 Å². The van der Waals surface area contributed by atoms with Crippen molar-refractivity contribution in [3.05, 3.63) is 35.9 Å². The van der Waals surface area contributed by atoms with Crippen LogP contribution in [0.2, 0.25) is 0 Å². The summed E-state index contributed by atoms with van der Waals surface area (Å²) >= 11 is 0. The highest BCUT2D eigenvalue weighted by atomic mass is 19.1. The molecule has 0 spiro atoms. The van der Waals surface area contributed by atoms with Gasteiger partial charge in [-0.3, -0.25) is 4.79 Å². The van der Waals surface area contributed by atoms with E-state index in [4.69, 9.17) is 0 Å². The molecule has 0 radical (unpaired) electrons. The van der Waals surface area contributed by atoms with E-state index < -0.39 is 6.17 Å². The van der Waals surface area contributed by atoms with Crippen LogP contribution in [0.3, 0.4) is 0 Å². The molecule has 1 fully saturated rings. The fraction of sp³-hybridized carbons (Fsp3) is 0.462. The van der Waals surface area contributed by atoms with Gasteiger partial charge in [0.15, 0.2) is 0 Å². The van der Waals surface area contributed by atoms with Crippen molar-refractivity contribution >= 4 is 5.78 Å². The van der Waals surface area contributed by atoms with E-state index in [9.17, 15) is 9.18 Å². The van der Waals surface area contributed by atoms with Gasteiger partial charge in [-0.25, -0.2) is 4.39 Å². The molecule has 1 nitrogen and oxygen atoms in total. The molecule has 0 heterocycles. The first-order valence-electron chi connectivity index (χ1n) is 5.40. The number of benzene rings is 1. The van der Waals surface area contributed by atoms with Crippen LogP contribution < -0.4 is 0 Å². The van der Waals surface area contributed by atoms with Gasteiger partial charge in [0.2, 0.25) is 0 Å². The standard InChI is InChI=1S/C13H15FO/c1-9(10-5-3-2-4-6-10)7-13(15)11-8-12(11)14/h2-6,9,11-12H,7-8H2,1H3/t9-,11?,12?/m0/s1. The molecule has 1 aliphatic carbocycles. The number of alkyl halides is 1. The lowest BCUT2D eigenvalue weighted by Gasteiger charge is -2.10. The number of hydrogen-bond donors (Lipinski definition) is 0. The predicted octanol–water partition coefficient (Wildman–Crippen LogP) is 3.11. The first-order valence-corrected chi connectivity index (χ1v) is 5.40. The zero-order valence-corrected chi connectivity index (χ0v) is 8.82. The van der Waals surface area contributed by atoms with Gasteiger partial charge in [-0.1, -0.05) is 37.3 Å². The molecule has 2 unspecified atom stereocenters. The molecule has 1 aromatic rings. The Morgan fingerprint density at radius 1 is 1.47 bits per heavy atom. The number of carbonyl (C=O) groups excluding carboxylic acids is 1. The number of Topliss-reactive ketones (excluding diaryl/α,β-unsaturated/α-hetero) is 1. The molecular weight excluding hydrogens is 191 g/mol. The topological polar surface area (TPSA) is 17.1 Å². The highest BCUT2D eigenvalue weighted by Gasteiger charge is 2.43. The molecule has 2 heteroatoms. The maximum atomic E-state index is 12.7. The molecule has 0 amide bonds. The highest BCUT2D eigenvalue weighted by Crippen LogP contribution is 2.37. The first kappa shape index (κ1) is 10.3. The monoisotopic (exact) mass is 206 g/mol. The van der Waals surface area contributed by atoms with Crippen molar-refractivity contribution in [1.82, 2.24) is 0 Å². The van der Waals surface area contributed by atoms with Crippen molar-refractivity contribution in [2.24, 2.45) is 5.92 Å². The van der Waals surface area contributed by atoms with E-state index >= 15 is 0 Å². The van der Waals surface area contributed by atoms with Gasteiger partial charge in [-0.2, -0.15) is 0 Å². The van der Waals surface area contributed by atoms with Crippen molar-refractivity contribution in [1.29, 1.82) is 0 Å². The van der Waals surface area contributed by atoms with E-state index in [2.05, 4.69) is 0 Å². The number of rotatable bonds is 4. The van der Waals surface area contributed by atoms with Crippen molar-refractivity contribution in [2.45, 2.75) is 31.9 Å². The van der Waals surface area contributed by atoms with Crippen LogP contribution in [0.15, 0.2) is 30.3 Å². The lowest BCUT2D eigenvalue weighted by atomic mass is 9.94. The molecule has 0 saturated heterocycles. The van der Waals surface area contributed by atoms with Gasteiger partial charge in [-0.05, 0) is 17.9 Å². The largest absolute Gasteiger partial charge is 0.299 e. The average Bonchev–Trinajstić information content (AvgIpc) is 2.97. The lowest BCUT2D eigenvalue weighted by Crippen LogP contribution is -2.07. The molecule has 1 saturated carbocycles. The fourth-order valence-electron chi connectivity index (χ4n) is 1.85. The third kappa shape index (κ3) is 2.44. The third-order valence-electron chi connectivity index (χ3n) is 3.00. The van der Waals surface area contributed by atoms with Crippen molar-refractivity contribution in [2.75, 3.05) is 0 Å². The smallest absolute Gasteiger partial charge is 0.139 e. The molecule has 15 heavy (non-hydrogen) atoms. The minimum Gasteiger partial charge on any atom is -0.299 e. The Morgan fingerprint density at radius 3 is 2.60 bits per heavy atom. The average molecular weight is 206 g/mol. The Morgan fingerprint density at radius 2 is 2.07 bits per heavy atom. The Labute approximate surface area is 89.3 Å². The molecule has 80 valence electrons. The van der Waals surface area contributed by atoms with Crippen molar-refractivity contribution < 1.29 is 9.18 Å². The number of ketones is 1. The van der Waals surface area contributed by atoms with Gasteiger partial charge >= 0.3 is 0 Å².